The molecule has 0 saturated heterocycles. The first kappa shape index (κ1) is 26.7. The van der Waals surface area contributed by atoms with E-state index in [1.165, 1.54) is 69.7 Å². The second-order valence-electron chi connectivity index (χ2n) is 11.8. The van der Waals surface area contributed by atoms with Gasteiger partial charge in [-0.05, 0) is 98.4 Å². The van der Waals surface area contributed by atoms with Crippen LogP contribution in [0.5, 0.6) is 0 Å². The molecule has 216 valence electrons. The summed E-state index contributed by atoms with van der Waals surface area (Å²) in [5, 5.41) is 7.58. The van der Waals surface area contributed by atoms with Crippen LogP contribution < -0.4 is 4.90 Å². The highest BCUT2D eigenvalue weighted by molar-refractivity contribution is 7.26. The van der Waals surface area contributed by atoms with Crippen molar-refractivity contribution in [1.29, 1.82) is 0 Å². The first-order valence-electron chi connectivity index (χ1n) is 15.7. The molecule has 0 aliphatic carbocycles. The highest BCUT2D eigenvalue weighted by atomic mass is 32.1. The Labute approximate surface area is 272 Å². The maximum atomic E-state index is 2.41. The molecule has 0 saturated carbocycles. The molecule has 0 aliphatic rings. The van der Waals surface area contributed by atoms with E-state index in [-0.39, 0.29) is 0 Å². The lowest BCUT2D eigenvalue weighted by Gasteiger charge is -2.27. The normalized spacial score (nSPS) is 11.5. The average molecular weight is 604 g/mol. The number of anilines is 3. The molecular weight excluding hydrogens is 575 g/mol. The van der Waals surface area contributed by atoms with E-state index in [2.05, 4.69) is 181 Å². The third kappa shape index (κ3) is 4.63. The number of hydrogen-bond acceptors (Lipinski definition) is 2. The Balaban J connectivity index is 1.13. The van der Waals surface area contributed by atoms with Crippen molar-refractivity contribution in [2.24, 2.45) is 0 Å². The Kier molecular flexibility index (Phi) is 6.40. The summed E-state index contributed by atoms with van der Waals surface area (Å²) in [7, 11) is 0. The Bertz CT molecular complexity index is 2530. The molecule has 0 aliphatic heterocycles. The summed E-state index contributed by atoms with van der Waals surface area (Å²) < 4.78 is 2.61. The van der Waals surface area contributed by atoms with Gasteiger partial charge >= 0.3 is 0 Å². The molecular formula is C44H29NS. The van der Waals surface area contributed by atoms with Crippen molar-refractivity contribution in [1.82, 2.24) is 0 Å². The highest BCUT2D eigenvalue weighted by Gasteiger charge is 2.18. The fourth-order valence-electron chi connectivity index (χ4n) is 6.72. The molecule has 8 aromatic carbocycles. The van der Waals surface area contributed by atoms with Gasteiger partial charge in [0.15, 0.2) is 0 Å². The van der Waals surface area contributed by atoms with Crippen molar-refractivity contribution in [2.75, 3.05) is 4.90 Å². The predicted octanol–water partition coefficient (Wildman–Crippen LogP) is 13.2. The van der Waals surface area contributed by atoms with Crippen molar-refractivity contribution >= 4 is 70.1 Å². The quantitative estimate of drug-likeness (QED) is 0.189. The zero-order valence-electron chi connectivity index (χ0n) is 25.1. The van der Waals surface area contributed by atoms with Crippen LogP contribution in [-0.4, -0.2) is 0 Å². The second-order valence-corrected chi connectivity index (χ2v) is 12.9. The van der Waals surface area contributed by atoms with Gasteiger partial charge in [-0.3, -0.25) is 0 Å². The van der Waals surface area contributed by atoms with Gasteiger partial charge in [-0.25, -0.2) is 0 Å². The number of fused-ring (bicyclic) bond motifs is 5. The largest absolute Gasteiger partial charge is 0.310 e. The molecule has 46 heavy (non-hydrogen) atoms. The SMILES string of the molecule is c1ccc(N(c2ccc3ccc(-c4ccc(-c5ccc6ccccc6c5)cc4)cc3c2)c2cccc3sc4ccccc4c23)cc1. The molecule has 9 rings (SSSR count). The minimum atomic E-state index is 1.14. The second kappa shape index (κ2) is 11.0. The first-order valence-corrected chi connectivity index (χ1v) is 16.5. The van der Waals surface area contributed by atoms with E-state index in [1.54, 1.807) is 0 Å². The van der Waals surface area contributed by atoms with Crippen LogP contribution in [0.25, 0.3) is 64.0 Å². The first-order chi connectivity index (χ1) is 22.8. The summed E-state index contributed by atoms with van der Waals surface area (Å²) in [5.41, 5.74) is 8.38. The molecule has 0 radical (unpaired) electrons. The summed E-state index contributed by atoms with van der Waals surface area (Å²) in [6.45, 7) is 0. The van der Waals surface area contributed by atoms with Gasteiger partial charge < -0.3 is 4.90 Å². The van der Waals surface area contributed by atoms with Crippen LogP contribution in [-0.2, 0) is 0 Å². The van der Waals surface area contributed by atoms with E-state index in [1.807, 2.05) is 11.3 Å². The lowest BCUT2D eigenvalue weighted by molar-refractivity contribution is 1.31. The number of hydrogen-bond donors (Lipinski definition) is 0. The molecule has 0 fully saturated rings. The molecule has 9 aromatic rings. The monoisotopic (exact) mass is 603 g/mol. The molecule has 0 bridgehead atoms. The summed E-state index contributed by atoms with van der Waals surface area (Å²) >= 11 is 1.86. The summed E-state index contributed by atoms with van der Waals surface area (Å²) in [4.78, 5) is 2.41. The topological polar surface area (TPSA) is 3.24 Å². The maximum Gasteiger partial charge on any atom is 0.0554 e. The fraction of sp³-hybridized carbons (Fsp3) is 0. The van der Waals surface area contributed by atoms with Gasteiger partial charge in [0.25, 0.3) is 0 Å². The number of rotatable bonds is 5. The summed E-state index contributed by atoms with van der Waals surface area (Å²) in [5.74, 6) is 0. The Morgan fingerprint density at radius 3 is 1.72 bits per heavy atom. The minimum Gasteiger partial charge on any atom is -0.310 e. The lowest BCUT2D eigenvalue weighted by Crippen LogP contribution is -2.10. The number of nitrogens with zero attached hydrogens (tertiary/aromatic N) is 1. The van der Waals surface area contributed by atoms with E-state index in [0.29, 0.717) is 0 Å². The van der Waals surface area contributed by atoms with Crippen molar-refractivity contribution in [3.63, 3.8) is 0 Å². The Hall–Kier alpha value is -5.70. The van der Waals surface area contributed by atoms with Crippen molar-refractivity contribution in [3.05, 3.63) is 176 Å². The molecule has 1 nitrogen and oxygen atoms in total. The van der Waals surface area contributed by atoms with Gasteiger partial charge in [0.2, 0.25) is 0 Å². The standard InChI is InChI=1S/C44H29NS/c1-2-11-38(12-3-1)45(41-14-8-16-43-44(41)40-13-6-7-15-42(40)46-43)39-26-25-33-22-24-36(28-37(33)29-39)32-19-17-31(18-20-32)35-23-21-30-9-4-5-10-34(30)27-35/h1-29H. The molecule has 0 spiro atoms. The van der Waals surface area contributed by atoms with Crippen LogP contribution in [0.2, 0.25) is 0 Å². The van der Waals surface area contributed by atoms with Gasteiger partial charge in [0.1, 0.15) is 0 Å². The molecule has 0 N–H and O–H groups in total. The maximum absolute atomic E-state index is 2.41. The van der Waals surface area contributed by atoms with Crippen LogP contribution in [0.4, 0.5) is 17.1 Å². The summed E-state index contributed by atoms with van der Waals surface area (Å²) in [6.07, 6.45) is 0. The van der Waals surface area contributed by atoms with Crippen molar-refractivity contribution < 1.29 is 0 Å². The number of para-hydroxylation sites is 1. The van der Waals surface area contributed by atoms with Crippen LogP contribution in [0.3, 0.4) is 0 Å². The minimum absolute atomic E-state index is 1.14. The number of benzene rings is 8. The third-order valence-corrected chi connectivity index (χ3v) is 10.2. The molecule has 1 heterocycles. The average Bonchev–Trinajstić information content (AvgIpc) is 3.51. The zero-order valence-corrected chi connectivity index (χ0v) is 25.9. The molecule has 1 aromatic heterocycles. The van der Waals surface area contributed by atoms with Crippen molar-refractivity contribution in [3.8, 4) is 22.3 Å². The highest BCUT2D eigenvalue weighted by Crippen LogP contribution is 2.45. The predicted molar refractivity (Wildman–Crippen MR) is 200 cm³/mol. The van der Waals surface area contributed by atoms with Gasteiger partial charge in [0, 0.05) is 31.5 Å². The molecule has 0 unspecified atom stereocenters. The Morgan fingerprint density at radius 2 is 0.935 bits per heavy atom. The molecule has 0 atom stereocenters. The fourth-order valence-corrected chi connectivity index (χ4v) is 7.85. The van der Waals surface area contributed by atoms with Gasteiger partial charge in [-0.15, -0.1) is 11.3 Å². The van der Waals surface area contributed by atoms with Crippen LogP contribution >= 0.6 is 11.3 Å². The van der Waals surface area contributed by atoms with Crippen LogP contribution in [0, 0.1) is 0 Å². The lowest BCUT2D eigenvalue weighted by atomic mass is 9.97. The van der Waals surface area contributed by atoms with Gasteiger partial charge in [0.05, 0.1) is 5.69 Å². The zero-order chi connectivity index (χ0) is 30.5. The van der Waals surface area contributed by atoms with E-state index in [9.17, 15) is 0 Å². The molecule has 0 amide bonds. The van der Waals surface area contributed by atoms with Crippen LogP contribution in [0.1, 0.15) is 0 Å². The van der Waals surface area contributed by atoms with E-state index in [4.69, 9.17) is 0 Å². The van der Waals surface area contributed by atoms with Crippen molar-refractivity contribution in [2.45, 2.75) is 0 Å². The third-order valence-electron chi connectivity index (χ3n) is 9.02. The Morgan fingerprint density at radius 1 is 0.348 bits per heavy atom. The van der Waals surface area contributed by atoms with Crippen LogP contribution in [0.15, 0.2) is 176 Å². The van der Waals surface area contributed by atoms with Gasteiger partial charge in [-0.2, -0.15) is 0 Å². The van der Waals surface area contributed by atoms with Gasteiger partial charge in [-0.1, -0.05) is 121 Å². The van der Waals surface area contributed by atoms with E-state index >= 15 is 0 Å². The summed E-state index contributed by atoms with van der Waals surface area (Å²) in [6, 6.07) is 64.0. The van der Waals surface area contributed by atoms with E-state index in [0.717, 1.165) is 11.4 Å². The molecule has 2 heteroatoms. The van der Waals surface area contributed by atoms with E-state index < -0.39 is 0 Å². The number of thiophene rings is 1. The smallest absolute Gasteiger partial charge is 0.0554 e.